The van der Waals surface area contributed by atoms with Crippen molar-refractivity contribution in [2.75, 3.05) is 6.61 Å². The van der Waals surface area contributed by atoms with Gasteiger partial charge in [0.2, 0.25) is 0 Å². The molecule has 1 aliphatic rings. The summed E-state index contributed by atoms with van der Waals surface area (Å²) in [6.07, 6.45) is 18.0. The predicted molar refractivity (Wildman–Crippen MR) is 147 cm³/mol. The number of aryl methyl sites for hydroxylation is 1. The lowest BCUT2D eigenvalue weighted by Gasteiger charge is -2.26. The molecule has 0 spiro atoms. The highest BCUT2D eigenvalue weighted by Gasteiger charge is 2.21. The number of hydrogen-bond acceptors (Lipinski definition) is 1. The molecule has 0 amide bonds. The topological polar surface area (TPSA) is 9.23 Å². The number of hydrogen-bond donors (Lipinski definition) is 0. The van der Waals surface area contributed by atoms with Crippen molar-refractivity contribution in [1.82, 2.24) is 0 Å². The van der Waals surface area contributed by atoms with Crippen LogP contribution in [0, 0.1) is 17.8 Å². The summed E-state index contributed by atoms with van der Waals surface area (Å²) in [7, 11) is 0. The van der Waals surface area contributed by atoms with Crippen LogP contribution in [0.1, 0.15) is 120 Å². The van der Waals surface area contributed by atoms with Gasteiger partial charge in [0, 0.05) is 11.5 Å². The highest BCUT2D eigenvalue weighted by atomic mass is 16.5. The molecule has 0 aromatic heterocycles. The third-order valence-corrected chi connectivity index (χ3v) is 7.29. The van der Waals surface area contributed by atoms with Crippen molar-refractivity contribution >= 4 is 0 Å². The van der Waals surface area contributed by atoms with Crippen molar-refractivity contribution in [2.45, 2.75) is 110 Å². The number of ether oxygens (including phenoxy) is 1. The minimum absolute atomic E-state index is 0.535. The van der Waals surface area contributed by atoms with Gasteiger partial charge in [-0.3, -0.25) is 0 Å². The SMILES string of the molecule is CCCCCCCc1ccc([C@H]2CC[C@H](C#Cc3ccc(OCCCCCC)cc3)CC2)cc1. The van der Waals surface area contributed by atoms with Gasteiger partial charge in [0.25, 0.3) is 0 Å². The molecule has 2 aromatic rings. The molecule has 0 atom stereocenters. The fraction of sp³-hybridized carbons (Fsp3) is 0.576. The maximum absolute atomic E-state index is 5.85. The molecule has 1 nitrogen and oxygen atoms in total. The Balaban J connectivity index is 1.37. The second-order valence-electron chi connectivity index (χ2n) is 10.2. The van der Waals surface area contributed by atoms with Crippen molar-refractivity contribution in [2.24, 2.45) is 5.92 Å². The lowest BCUT2D eigenvalue weighted by molar-refractivity contribution is 0.305. The Labute approximate surface area is 209 Å². The molecule has 184 valence electrons. The lowest BCUT2D eigenvalue weighted by atomic mass is 9.78. The summed E-state index contributed by atoms with van der Waals surface area (Å²) in [6.45, 7) is 5.33. The average molecular weight is 459 g/mol. The maximum atomic E-state index is 5.85. The van der Waals surface area contributed by atoms with Gasteiger partial charge in [0.1, 0.15) is 5.75 Å². The van der Waals surface area contributed by atoms with E-state index >= 15 is 0 Å². The number of rotatable bonds is 13. The largest absolute Gasteiger partial charge is 0.494 e. The van der Waals surface area contributed by atoms with Crippen molar-refractivity contribution in [3.8, 4) is 17.6 Å². The van der Waals surface area contributed by atoms with Crippen molar-refractivity contribution in [3.63, 3.8) is 0 Å². The van der Waals surface area contributed by atoms with Gasteiger partial charge in [-0.2, -0.15) is 0 Å². The standard InChI is InChI=1S/C33H46O/c1-3-5-7-9-10-12-28-15-21-31(22-16-28)32-23-17-29(18-24-32)13-14-30-19-25-33(26-20-30)34-27-11-8-6-4-2/h15-16,19-22,25-26,29,32H,3-12,17-18,23-24,27H2,1-2H3/t29-,32-. The van der Waals surface area contributed by atoms with Crippen LogP contribution in [-0.2, 0) is 6.42 Å². The normalized spacial score (nSPS) is 17.7. The Kier molecular flexibility index (Phi) is 12.2. The van der Waals surface area contributed by atoms with Gasteiger partial charge >= 0.3 is 0 Å². The van der Waals surface area contributed by atoms with Gasteiger partial charge in [0.05, 0.1) is 6.61 Å². The molecule has 0 saturated heterocycles. The van der Waals surface area contributed by atoms with Gasteiger partial charge in [-0.05, 0) is 86.3 Å². The van der Waals surface area contributed by atoms with Crippen LogP contribution < -0.4 is 4.74 Å². The van der Waals surface area contributed by atoms with Gasteiger partial charge in [-0.25, -0.2) is 0 Å². The first-order valence-electron chi connectivity index (χ1n) is 14.1. The van der Waals surface area contributed by atoms with Crippen molar-refractivity contribution < 1.29 is 4.74 Å². The quantitative estimate of drug-likeness (QED) is 0.214. The number of unbranched alkanes of at least 4 members (excludes halogenated alkanes) is 7. The minimum atomic E-state index is 0.535. The molecule has 1 heteroatoms. The summed E-state index contributed by atoms with van der Waals surface area (Å²) in [6, 6.07) is 17.9. The second-order valence-corrected chi connectivity index (χ2v) is 10.2. The van der Waals surface area contributed by atoms with Crippen LogP contribution in [0.5, 0.6) is 5.75 Å². The van der Waals surface area contributed by atoms with Crippen LogP contribution in [0.2, 0.25) is 0 Å². The molecule has 0 N–H and O–H groups in total. The van der Waals surface area contributed by atoms with E-state index in [4.69, 9.17) is 4.74 Å². The molecule has 3 rings (SSSR count). The predicted octanol–water partition coefficient (Wildman–Crippen LogP) is 9.48. The van der Waals surface area contributed by atoms with E-state index in [2.05, 4.69) is 74.2 Å². The average Bonchev–Trinajstić information content (AvgIpc) is 2.89. The van der Waals surface area contributed by atoms with E-state index in [0.717, 1.165) is 24.3 Å². The van der Waals surface area contributed by atoms with Gasteiger partial charge < -0.3 is 4.74 Å². The Bertz CT molecular complexity index is 844. The molecule has 0 aliphatic heterocycles. The van der Waals surface area contributed by atoms with Gasteiger partial charge in [-0.1, -0.05) is 94.9 Å². The molecule has 34 heavy (non-hydrogen) atoms. The molecule has 1 aliphatic carbocycles. The molecule has 0 heterocycles. The smallest absolute Gasteiger partial charge is 0.119 e. The number of benzene rings is 2. The fourth-order valence-electron chi connectivity index (χ4n) is 5.00. The first-order valence-corrected chi connectivity index (χ1v) is 14.1. The third kappa shape index (κ3) is 9.58. The fourth-order valence-corrected chi connectivity index (χ4v) is 5.00. The zero-order chi connectivity index (χ0) is 23.8. The Morgan fingerprint density at radius 1 is 0.706 bits per heavy atom. The van der Waals surface area contributed by atoms with E-state index in [0.29, 0.717) is 11.8 Å². The van der Waals surface area contributed by atoms with Crippen LogP contribution in [-0.4, -0.2) is 6.61 Å². The van der Waals surface area contributed by atoms with Crippen LogP contribution >= 0.6 is 0 Å². The van der Waals surface area contributed by atoms with Gasteiger partial charge in [0.15, 0.2) is 0 Å². The first kappa shape index (κ1) is 26.4. The summed E-state index contributed by atoms with van der Waals surface area (Å²) >= 11 is 0. The van der Waals surface area contributed by atoms with Crippen LogP contribution in [0.15, 0.2) is 48.5 Å². The summed E-state index contributed by atoms with van der Waals surface area (Å²) in [4.78, 5) is 0. The van der Waals surface area contributed by atoms with E-state index in [1.807, 2.05) is 0 Å². The van der Waals surface area contributed by atoms with E-state index < -0.39 is 0 Å². The molecule has 2 aromatic carbocycles. The molecule has 1 fully saturated rings. The zero-order valence-corrected chi connectivity index (χ0v) is 21.8. The lowest BCUT2D eigenvalue weighted by Crippen LogP contribution is -2.12. The van der Waals surface area contributed by atoms with Crippen LogP contribution in [0.3, 0.4) is 0 Å². The van der Waals surface area contributed by atoms with Crippen molar-refractivity contribution in [1.29, 1.82) is 0 Å². The molecule has 1 saturated carbocycles. The van der Waals surface area contributed by atoms with E-state index in [1.54, 1.807) is 0 Å². The molecule has 0 unspecified atom stereocenters. The van der Waals surface area contributed by atoms with E-state index in [9.17, 15) is 0 Å². The summed E-state index contributed by atoms with van der Waals surface area (Å²) in [5, 5.41) is 0. The van der Waals surface area contributed by atoms with E-state index in [-0.39, 0.29) is 0 Å². The summed E-state index contributed by atoms with van der Waals surface area (Å²) in [5.41, 5.74) is 4.14. The summed E-state index contributed by atoms with van der Waals surface area (Å²) < 4.78 is 5.85. The van der Waals surface area contributed by atoms with Gasteiger partial charge in [-0.15, -0.1) is 0 Å². The Morgan fingerprint density at radius 3 is 2.03 bits per heavy atom. The van der Waals surface area contributed by atoms with Crippen LogP contribution in [0.4, 0.5) is 0 Å². The first-order chi connectivity index (χ1) is 16.8. The Hall–Kier alpha value is -2.20. The molecule has 0 radical (unpaired) electrons. The molecular formula is C33H46O. The zero-order valence-electron chi connectivity index (χ0n) is 21.8. The molecule has 0 bridgehead atoms. The highest BCUT2D eigenvalue weighted by molar-refractivity contribution is 5.38. The monoisotopic (exact) mass is 458 g/mol. The summed E-state index contributed by atoms with van der Waals surface area (Å²) in [5.74, 6) is 9.18. The third-order valence-electron chi connectivity index (χ3n) is 7.29. The Morgan fingerprint density at radius 2 is 1.35 bits per heavy atom. The minimum Gasteiger partial charge on any atom is -0.494 e. The second kappa shape index (κ2) is 15.7. The highest BCUT2D eigenvalue weighted by Crippen LogP contribution is 2.35. The molecular weight excluding hydrogens is 412 g/mol. The maximum Gasteiger partial charge on any atom is 0.119 e. The van der Waals surface area contributed by atoms with Crippen LogP contribution in [0.25, 0.3) is 0 Å². The van der Waals surface area contributed by atoms with Crippen molar-refractivity contribution in [3.05, 3.63) is 65.2 Å². The van der Waals surface area contributed by atoms with E-state index in [1.165, 1.54) is 94.6 Å².